The average molecular weight is 269 g/mol. The van der Waals surface area contributed by atoms with Gasteiger partial charge < -0.3 is 10.0 Å². The summed E-state index contributed by atoms with van der Waals surface area (Å²) in [5, 5.41) is 17.9. The molecule has 0 radical (unpaired) electrons. The van der Waals surface area contributed by atoms with Crippen molar-refractivity contribution in [2.75, 3.05) is 13.1 Å². The first-order valence-electron chi connectivity index (χ1n) is 5.98. The molecule has 1 aliphatic heterocycles. The van der Waals surface area contributed by atoms with Crippen molar-refractivity contribution < 1.29 is 18.5 Å². The smallest absolute Gasteiger partial charge is 0.423 e. The predicted molar refractivity (Wildman–Crippen MR) is 68.9 cm³/mol. The van der Waals surface area contributed by atoms with E-state index in [4.69, 9.17) is 10.0 Å². The molecule has 2 N–H and O–H groups in total. The van der Waals surface area contributed by atoms with Gasteiger partial charge in [0.1, 0.15) is 0 Å². The van der Waals surface area contributed by atoms with Crippen molar-refractivity contribution in [1.29, 1.82) is 0 Å². The van der Waals surface area contributed by atoms with E-state index in [9.17, 15) is 8.42 Å². The minimum Gasteiger partial charge on any atom is -0.423 e. The fraction of sp³-hybridized carbons (Fsp3) is 0.455. The second kappa shape index (κ2) is 5.40. The summed E-state index contributed by atoms with van der Waals surface area (Å²) < 4.78 is 26.0. The fourth-order valence-electron chi connectivity index (χ4n) is 2.07. The molecule has 7 heteroatoms. The van der Waals surface area contributed by atoms with E-state index >= 15 is 0 Å². The predicted octanol–water partition coefficient (Wildman–Crippen LogP) is -0.459. The van der Waals surface area contributed by atoms with Gasteiger partial charge in [0.25, 0.3) is 0 Å². The molecule has 1 saturated heterocycles. The zero-order valence-electron chi connectivity index (χ0n) is 9.99. The van der Waals surface area contributed by atoms with E-state index in [1.807, 2.05) is 0 Å². The number of hydrogen-bond donors (Lipinski definition) is 2. The Morgan fingerprint density at radius 1 is 1.00 bits per heavy atom. The van der Waals surface area contributed by atoms with E-state index in [2.05, 4.69) is 0 Å². The van der Waals surface area contributed by atoms with E-state index in [1.165, 1.54) is 28.6 Å². The van der Waals surface area contributed by atoms with Crippen molar-refractivity contribution in [2.24, 2.45) is 0 Å². The van der Waals surface area contributed by atoms with Crippen LogP contribution in [0.3, 0.4) is 0 Å². The number of piperidine rings is 1. The highest BCUT2D eigenvalue weighted by Crippen LogP contribution is 2.19. The van der Waals surface area contributed by atoms with Gasteiger partial charge in [0.15, 0.2) is 0 Å². The molecule has 0 amide bonds. The van der Waals surface area contributed by atoms with Gasteiger partial charge in [-0.1, -0.05) is 18.6 Å². The van der Waals surface area contributed by atoms with Crippen molar-refractivity contribution in [3.63, 3.8) is 0 Å². The van der Waals surface area contributed by atoms with E-state index in [-0.39, 0.29) is 10.4 Å². The van der Waals surface area contributed by atoms with Gasteiger partial charge in [-0.25, -0.2) is 8.42 Å². The van der Waals surface area contributed by atoms with Gasteiger partial charge in [-0.3, -0.25) is 0 Å². The lowest BCUT2D eigenvalue weighted by Gasteiger charge is -2.25. The molecule has 0 spiro atoms. The first kappa shape index (κ1) is 13.5. The monoisotopic (exact) mass is 269 g/mol. The second-order valence-corrected chi connectivity index (χ2v) is 6.35. The van der Waals surface area contributed by atoms with Crippen LogP contribution in [0.2, 0.25) is 0 Å². The molecule has 0 unspecified atom stereocenters. The average Bonchev–Trinajstić information content (AvgIpc) is 2.40. The van der Waals surface area contributed by atoms with Crippen LogP contribution in [0.1, 0.15) is 19.3 Å². The van der Waals surface area contributed by atoms with Crippen LogP contribution in [-0.2, 0) is 10.0 Å². The maximum absolute atomic E-state index is 12.3. The third-order valence-corrected chi connectivity index (χ3v) is 5.04. The number of sulfonamides is 1. The molecule has 1 heterocycles. The molecule has 0 saturated carbocycles. The molecule has 0 aliphatic carbocycles. The Morgan fingerprint density at radius 3 is 2.06 bits per heavy atom. The summed E-state index contributed by atoms with van der Waals surface area (Å²) in [6.45, 7) is 1.12. The summed E-state index contributed by atoms with van der Waals surface area (Å²) in [6, 6.07) is 5.67. The van der Waals surface area contributed by atoms with Crippen LogP contribution in [0.4, 0.5) is 0 Å². The van der Waals surface area contributed by atoms with Crippen molar-refractivity contribution in [1.82, 2.24) is 4.31 Å². The Morgan fingerprint density at radius 2 is 1.56 bits per heavy atom. The topological polar surface area (TPSA) is 77.8 Å². The van der Waals surface area contributed by atoms with Gasteiger partial charge in [-0.2, -0.15) is 4.31 Å². The summed E-state index contributed by atoms with van der Waals surface area (Å²) in [5.41, 5.74) is 0.285. The van der Waals surface area contributed by atoms with Crippen LogP contribution >= 0.6 is 0 Å². The van der Waals surface area contributed by atoms with Crippen LogP contribution in [0.25, 0.3) is 0 Å². The number of nitrogens with zero attached hydrogens (tertiary/aromatic N) is 1. The normalized spacial score (nSPS) is 17.7. The summed E-state index contributed by atoms with van der Waals surface area (Å²) >= 11 is 0. The molecule has 0 aromatic heterocycles. The summed E-state index contributed by atoms with van der Waals surface area (Å²) in [5.74, 6) is 0. The summed E-state index contributed by atoms with van der Waals surface area (Å²) in [4.78, 5) is 0.203. The van der Waals surface area contributed by atoms with Gasteiger partial charge in [0.05, 0.1) is 4.90 Å². The Hall–Kier alpha value is -0.885. The zero-order valence-corrected chi connectivity index (χ0v) is 10.8. The molecule has 1 aromatic carbocycles. The molecule has 18 heavy (non-hydrogen) atoms. The highest BCUT2D eigenvalue weighted by Gasteiger charge is 2.26. The third kappa shape index (κ3) is 2.75. The van der Waals surface area contributed by atoms with Gasteiger partial charge in [0, 0.05) is 13.1 Å². The minimum absolute atomic E-state index is 0.203. The van der Waals surface area contributed by atoms with Crippen LogP contribution < -0.4 is 5.46 Å². The Labute approximate surface area is 107 Å². The molecule has 98 valence electrons. The first-order chi connectivity index (χ1) is 8.51. The lowest BCUT2D eigenvalue weighted by Crippen LogP contribution is -2.36. The lowest BCUT2D eigenvalue weighted by atomic mass is 9.81. The third-order valence-electron chi connectivity index (χ3n) is 3.13. The van der Waals surface area contributed by atoms with Gasteiger partial charge in [-0.15, -0.1) is 0 Å². The summed E-state index contributed by atoms with van der Waals surface area (Å²) in [7, 11) is -5.01. The first-order valence-corrected chi connectivity index (χ1v) is 7.42. The van der Waals surface area contributed by atoms with Crippen LogP contribution in [0, 0.1) is 0 Å². The quantitative estimate of drug-likeness (QED) is 0.728. The number of benzene rings is 1. The molecule has 1 aromatic rings. The molecule has 0 atom stereocenters. The van der Waals surface area contributed by atoms with Gasteiger partial charge >= 0.3 is 7.12 Å². The second-order valence-electron chi connectivity index (χ2n) is 4.41. The highest BCUT2D eigenvalue weighted by atomic mass is 32.2. The Kier molecular flexibility index (Phi) is 4.06. The molecule has 5 nitrogen and oxygen atoms in total. The van der Waals surface area contributed by atoms with E-state index in [0.717, 1.165) is 19.3 Å². The maximum atomic E-state index is 12.3. The minimum atomic E-state index is -3.43. The van der Waals surface area contributed by atoms with Crippen molar-refractivity contribution in [2.45, 2.75) is 24.2 Å². The Balaban J connectivity index is 2.23. The van der Waals surface area contributed by atoms with Crippen LogP contribution in [-0.4, -0.2) is 43.0 Å². The van der Waals surface area contributed by atoms with E-state index < -0.39 is 17.1 Å². The van der Waals surface area contributed by atoms with Gasteiger partial charge in [0.2, 0.25) is 10.0 Å². The van der Waals surface area contributed by atoms with Crippen molar-refractivity contribution in [3.8, 4) is 0 Å². The number of rotatable bonds is 3. The van der Waals surface area contributed by atoms with Gasteiger partial charge in [-0.05, 0) is 30.4 Å². The molecular weight excluding hydrogens is 253 g/mol. The molecule has 0 bridgehead atoms. The molecule has 1 aliphatic rings. The Bertz CT molecular complexity index is 494. The standard InChI is InChI=1S/C11H16BNO4S/c14-12(15)10-4-6-11(7-5-10)18(16,17)13-8-2-1-3-9-13/h4-7,14-15H,1-3,8-9H2. The molecule has 2 rings (SSSR count). The lowest BCUT2D eigenvalue weighted by molar-refractivity contribution is 0.346. The fourth-order valence-corrected chi connectivity index (χ4v) is 3.58. The van der Waals surface area contributed by atoms with E-state index in [1.54, 1.807) is 0 Å². The van der Waals surface area contributed by atoms with E-state index in [0.29, 0.717) is 13.1 Å². The molecule has 1 fully saturated rings. The van der Waals surface area contributed by atoms with Crippen LogP contribution in [0.15, 0.2) is 29.2 Å². The molecular formula is C11H16BNO4S. The summed E-state index contributed by atoms with van der Waals surface area (Å²) in [6.07, 6.45) is 2.86. The SMILES string of the molecule is O=S(=O)(c1ccc(B(O)O)cc1)N1CCCCC1. The zero-order chi connectivity index (χ0) is 13.2. The highest BCUT2D eigenvalue weighted by molar-refractivity contribution is 7.89. The van der Waals surface area contributed by atoms with Crippen LogP contribution in [0.5, 0.6) is 0 Å². The largest absolute Gasteiger partial charge is 0.488 e. The van der Waals surface area contributed by atoms with Crippen molar-refractivity contribution in [3.05, 3.63) is 24.3 Å². The number of hydrogen-bond acceptors (Lipinski definition) is 4. The van der Waals surface area contributed by atoms with Crippen molar-refractivity contribution >= 4 is 22.6 Å². The maximum Gasteiger partial charge on any atom is 0.488 e.